The van der Waals surface area contributed by atoms with Crippen LogP contribution in [0.15, 0.2) is 30.9 Å². The summed E-state index contributed by atoms with van der Waals surface area (Å²) in [5.41, 5.74) is 0.595. The lowest BCUT2D eigenvalue weighted by molar-refractivity contribution is 0.112. The van der Waals surface area contributed by atoms with Crippen molar-refractivity contribution in [1.29, 1.82) is 0 Å². The summed E-state index contributed by atoms with van der Waals surface area (Å²) in [6.45, 7) is 4.32. The zero-order chi connectivity index (χ0) is 13.2. The molecular formula is C15H20O3. The molecule has 0 spiro atoms. The van der Waals surface area contributed by atoms with E-state index in [9.17, 15) is 4.79 Å². The molecule has 98 valence electrons. The minimum absolute atomic E-state index is 0.595. The lowest BCUT2D eigenvalue weighted by Gasteiger charge is -2.10. The van der Waals surface area contributed by atoms with Crippen molar-refractivity contribution in [2.24, 2.45) is 0 Å². The first kappa shape index (κ1) is 14.3. The van der Waals surface area contributed by atoms with Gasteiger partial charge in [-0.05, 0) is 43.9 Å². The van der Waals surface area contributed by atoms with Crippen LogP contribution in [0.2, 0.25) is 0 Å². The second-order valence-corrected chi connectivity index (χ2v) is 4.01. The van der Waals surface area contributed by atoms with Crippen LogP contribution in [-0.2, 0) is 0 Å². The van der Waals surface area contributed by atoms with E-state index in [4.69, 9.17) is 9.47 Å². The number of hydrogen-bond acceptors (Lipinski definition) is 3. The third-order valence-corrected chi connectivity index (χ3v) is 2.63. The Morgan fingerprint density at radius 3 is 2.72 bits per heavy atom. The average Bonchev–Trinajstić information content (AvgIpc) is 2.42. The predicted octanol–water partition coefficient (Wildman–Crippen LogP) is 3.63. The first-order valence-corrected chi connectivity index (χ1v) is 6.18. The Kier molecular flexibility index (Phi) is 6.62. The molecule has 0 aromatic heterocycles. The normalized spacial score (nSPS) is 9.83. The Labute approximate surface area is 108 Å². The summed E-state index contributed by atoms with van der Waals surface area (Å²) in [4.78, 5) is 10.7. The molecule has 0 saturated carbocycles. The zero-order valence-electron chi connectivity index (χ0n) is 10.9. The van der Waals surface area contributed by atoms with Gasteiger partial charge in [0.05, 0.1) is 13.7 Å². The highest BCUT2D eigenvalue weighted by molar-refractivity contribution is 5.76. The van der Waals surface area contributed by atoms with Crippen LogP contribution in [0.3, 0.4) is 0 Å². The summed E-state index contributed by atoms with van der Waals surface area (Å²) in [6, 6.07) is 5.16. The van der Waals surface area contributed by atoms with Crippen LogP contribution < -0.4 is 9.47 Å². The van der Waals surface area contributed by atoms with Gasteiger partial charge in [-0.1, -0.05) is 6.08 Å². The van der Waals surface area contributed by atoms with E-state index in [1.165, 1.54) is 0 Å². The van der Waals surface area contributed by atoms with E-state index < -0.39 is 0 Å². The number of hydrogen-bond donors (Lipinski definition) is 0. The van der Waals surface area contributed by atoms with Crippen molar-refractivity contribution in [2.75, 3.05) is 13.7 Å². The van der Waals surface area contributed by atoms with Crippen LogP contribution in [0.4, 0.5) is 0 Å². The third kappa shape index (κ3) is 4.62. The van der Waals surface area contributed by atoms with E-state index in [0.717, 1.165) is 32.0 Å². The van der Waals surface area contributed by atoms with Crippen LogP contribution in [0.25, 0.3) is 0 Å². The monoisotopic (exact) mass is 248 g/mol. The van der Waals surface area contributed by atoms with Crippen molar-refractivity contribution in [1.82, 2.24) is 0 Å². The van der Waals surface area contributed by atoms with Crippen LogP contribution in [0.5, 0.6) is 11.5 Å². The maximum absolute atomic E-state index is 10.7. The van der Waals surface area contributed by atoms with Crippen molar-refractivity contribution in [3.63, 3.8) is 0 Å². The molecule has 1 rings (SSSR count). The number of unbranched alkanes of at least 4 members (excludes halogenated alkanes) is 3. The molecule has 3 heteroatoms. The fourth-order valence-electron chi connectivity index (χ4n) is 1.63. The fraction of sp³-hybridized carbons (Fsp3) is 0.400. The van der Waals surface area contributed by atoms with E-state index in [2.05, 4.69) is 6.58 Å². The van der Waals surface area contributed by atoms with Gasteiger partial charge in [-0.2, -0.15) is 0 Å². The number of methoxy groups -OCH3 is 1. The van der Waals surface area contributed by atoms with Gasteiger partial charge in [0.25, 0.3) is 0 Å². The smallest absolute Gasteiger partial charge is 0.161 e. The quantitative estimate of drug-likeness (QED) is 0.380. The topological polar surface area (TPSA) is 35.5 Å². The van der Waals surface area contributed by atoms with Crippen molar-refractivity contribution in [3.05, 3.63) is 36.4 Å². The van der Waals surface area contributed by atoms with Crippen LogP contribution in [0, 0.1) is 0 Å². The highest BCUT2D eigenvalue weighted by atomic mass is 16.5. The van der Waals surface area contributed by atoms with E-state index in [1.807, 2.05) is 6.08 Å². The third-order valence-electron chi connectivity index (χ3n) is 2.63. The van der Waals surface area contributed by atoms with Gasteiger partial charge >= 0.3 is 0 Å². The van der Waals surface area contributed by atoms with Crippen molar-refractivity contribution >= 4 is 6.29 Å². The second-order valence-electron chi connectivity index (χ2n) is 4.01. The first-order chi connectivity index (χ1) is 8.81. The zero-order valence-corrected chi connectivity index (χ0v) is 10.9. The molecule has 0 saturated heterocycles. The predicted molar refractivity (Wildman–Crippen MR) is 72.5 cm³/mol. The number of benzene rings is 1. The van der Waals surface area contributed by atoms with E-state index in [-0.39, 0.29) is 0 Å². The van der Waals surface area contributed by atoms with Gasteiger partial charge in [0, 0.05) is 5.56 Å². The molecule has 0 aliphatic carbocycles. The molecule has 0 atom stereocenters. The number of ether oxygens (including phenoxy) is 2. The Morgan fingerprint density at radius 2 is 2.06 bits per heavy atom. The lowest BCUT2D eigenvalue weighted by atomic mass is 10.2. The molecule has 0 aliphatic heterocycles. The number of rotatable bonds is 9. The van der Waals surface area contributed by atoms with Crippen LogP contribution in [-0.4, -0.2) is 20.0 Å². The summed E-state index contributed by atoms with van der Waals surface area (Å²) in [6.07, 6.45) is 7.01. The van der Waals surface area contributed by atoms with Gasteiger partial charge in [0.15, 0.2) is 11.5 Å². The Balaban J connectivity index is 2.44. The maximum Gasteiger partial charge on any atom is 0.161 e. The number of carbonyl (C=O) groups is 1. The van der Waals surface area contributed by atoms with Gasteiger partial charge in [-0.3, -0.25) is 4.79 Å². The van der Waals surface area contributed by atoms with Gasteiger partial charge < -0.3 is 9.47 Å². The van der Waals surface area contributed by atoms with E-state index in [1.54, 1.807) is 25.3 Å². The molecule has 0 unspecified atom stereocenters. The lowest BCUT2D eigenvalue weighted by Crippen LogP contribution is -2.00. The molecule has 0 fully saturated rings. The fourth-order valence-corrected chi connectivity index (χ4v) is 1.63. The highest BCUT2D eigenvalue weighted by Gasteiger charge is 2.05. The van der Waals surface area contributed by atoms with Crippen molar-refractivity contribution in [3.8, 4) is 11.5 Å². The Morgan fingerprint density at radius 1 is 1.22 bits per heavy atom. The highest BCUT2D eigenvalue weighted by Crippen LogP contribution is 2.27. The molecule has 0 bridgehead atoms. The Bertz CT molecular complexity index is 385. The Hall–Kier alpha value is -1.77. The van der Waals surface area contributed by atoms with Crippen LogP contribution >= 0.6 is 0 Å². The minimum atomic E-state index is 0.595. The van der Waals surface area contributed by atoms with Gasteiger partial charge in [0.2, 0.25) is 0 Å². The van der Waals surface area contributed by atoms with E-state index in [0.29, 0.717) is 23.7 Å². The standard InChI is InChI=1S/C15H20O3/c1-3-4-5-6-7-10-18-15-11-13(12-16)8-9-14(15)17-2/h3,8-9,11-12H,1,4-7,10H2,2H3. The molecule has 0 radical (unpaired) electrons. The molecule has 18 heavy (non-hydrogen) atoms. The molecule has 0 amide bonds. The van der Waals surface area contributed by atoms with Gasteiger partial charge in [-0.15, -0.1) is 6.58 Å². The van der Waals surface area contributed by atoms with Gasteiger partial charge in [-0.25, -0.2) is 0 Å². The van der Waals surface area contributed by atoms with Gasteiger partial charge in [0.1, 0.15) is 6.29 Å². The number of aldehydes is 1. The summed E-state index contributed by atoms with van der Waals surface area (Å²) in [5, 5.41) is 0. The molecule has 0 aliphatic rings. The summed E-state index contributed by atoms with van der Waals surface area (Å²) in [7, 11) is 1.59. The molecule has 1 aromatic carbocycles. The average molecular weight is 248 g/mol. The minimum Gasteiger partial charge on any atom is -0.493 e. The first-order valence-electron chi connectivity index (χ1n) is 6.18. The largest absolute Gasteiger partial charge is 0.493 e. The van der Waals surface area contributed by atoms with Crippen molar-refractivity contribution in [2.45, 2.75) is 25.7 Å². The summed E-state index contributed by atoms with van der Waals surface area (Å²) < 4.78 is 10.8. The molecule has 0 N–H and O–H groups in total. The molecule has 1 aromatic rings. The molecule has 0 heterocycles. The molecule has 3 nitrogen and oxygen atoms in total. The second kappa shape index (κ2) is 8.34. The number of carbonyl (C=O) groups excluding carboxylic acids is 1. The van der Waals surface area contributed by atoms with E-state index >= 15 is 0 Å². The summed E-state index contributed by atoms with van der Waals surface area (Å²) >= 11 is 0. The maximum atomic E-state index is 10.7. The number of allylic oxidation sites excluding steroid dienone is 1. The summed E-state index contributed by atoms with van der Waals surface area (Å²) in [5.74, 6) is 1.29. The SMILES string of the molecule is C=CCCCCCOc1cc(C=O)ccc1OC. The molecular weight excluding hydrogens is 228 g/mol. The van der Waals surface area contributed by atoms with Crippen molar-refractivity contribution < 1.29 is 14.3 Å². The van der Waals surface area contributed by atoms with Crippen LogP contribution in [0.1, 0.15) is 36.0 Å².